The molecule has 7 nitrogen and oxygen atoms in total. The monoisotopic (exact) mass is 385 g/mol. The van der Waals surface area contributed by atoms with Crippen LogP contribution in [-0.2, 0) is 19.3 Å². The van der Waals surface area contributed by atoms with Crippen molar-refractivity contribution in [3.8, 4) is 17.2 Å². The zero-order valence-electron chi connectivity index (χ0n) is 16.3. The predicted octanol–water partition coefficient (Wildman–Crippen LogP) is 2.05. The molecule has 0 radical (unpaired) electrons. The van der Waals surface area contributed by atoms with E-state index in [4.69, 9.17) is 15.2 Å². The summed E-state index contributed by atoms with van der Waals surface area (Å²) in [5.41, 5.74) is 8.38. The van der Waals surface area contributed by atoms with Crippen LogP contribution in [0.1, 0.15) is 16.7 Å². The number of phenols is 1. The van der Waals surface area contributed by atoms with Gasteiger partial charge in [0.15, 0.2) is 11.5 Å². The molecule has 2 amide bonds. The second kappa shape index (κ2) is 8.84. The molecule has 0 aliphatic carbocycles. The fourth-order valence-corrected chi connectivity index (χ4v) is 3.46. The van der Waals surface area contributed by atoms with Crippen LogP contribution in [0.15, 0.2) is 36.4 Å². The van der Waals surface area contributed by atoms with Gasteiger partial charge >= 0.3 is 6.03 Å². The molecule has 0 saturated heterocycles. The van der Waals surface area contributed by atoms with E-state index in [0.29, 0.717) is 13.0 Å². The maximum absolute atomic E-state index is 10.9. The van der Waals surface area contributed by atoms with Crippen molar-refractivity contribution in [2.24, 2.45) is 5.73 Å². The van der Waals surface area contributed by atoms with E-state index in [0.717, 1.165) is 41.0 Å². The fourth-order valence-electron chi connectivity index (χ4n) is 3.46. The molecular formula is C21H27N3O4. The fraction of sp³-hybridized carbons (Fsp3) is 0.381. The Hall–Kier alpha value is -2.93. The molecule has 7 heteroatoms. The summed E-state index contributed by atoms with van der Waals surface area (Å²) in [4.78, 5) is 13.1. The van der Waals surface area contributed by atoms with E-state index < -0.39 is 6.03 Å². The number of benzene rings is 2. The Bertz CT molecular complexity index is 838. The van der Waals surface area contributed by atoms with Crippen LogP contribution in [0.4, 0.5) is 4.79 Å². The molecule has 0 bridgehead atoms. The number of nitrogens with two attached hydrogens (primary N) is 1. The number of fused-ring (bicyclic) bond motifs is 1. The summed E-state index contributed by atoms with van der Waals surface area (Å²) in [7, 11) is 4.09. The van der Waals surface area contributed by atoms with Crippen molar-refractivity contribution in [1.82, 2.24) is 10.2 Å². The number of ether oxygens (including phenoxy) is 2. The van der Waals surface area contributed by atoms with Crippen LogP contribution in [0.3, 0.4) is 0 Å². The third kappa shape index (κ3) is 4.86. The summed E-state index contributed by atoms with van der Waals surface area (Å²) < 4.78 is 11.1. The highest BCUT2D eigenvalue weighted by Gasteiger charge is 2.22. The van der Waals surface area contributed by atoms with Gasteiger partial charge in [-0.1, -0.05) is 18.2 Å². The number of urea groups is 1. The molecule has 0 spiro atoms. The summed E-state index contributed by atoms with van der Waals surface area (Å²) >= 11 is 0. The summed E-state index contributed by atoms with van der Waals surface area (Å²) in [6, 6.07) is 11.0. The van der Waals surface area contributed by atoms with Gasteiger partial charge in [0.05, 0.1) is 0 Å². The Balaban J connectivity index is 1.78. The molecule has 1 unspecified atom stereocenters. The van der Waals surface area contributed by atoms with E-state index in [1.165, 1.54) is 0 Å². The van der Waals surface area contributed by atoms with Gasteiger partial charge < -0.3 is 30.5 Å². The smallest absolute Gasteiger partial charge is 0.312 e. The lowest BCUT2D eigenvalue weighted by atomic mass is 9.93. The highest BCUT2D eigenvalue weighted by molar-refractivity contribution is 5.71. The maximum atomic E-state index is 10.9. The van der Waals surface area contributed by atoms with Gasteiger partial charge in [-0.15, -0.1) is 0 Å². The zero-order chi connectivity index (χ0) is 20.1. The van der Waals surface area contributed by atoms with E-state index in [9.17, 15) is 9.90 Å². The number of primary amides is 1. The molecule has 2 aromatic carbocycles. The van der Waals surface area contributed by atoms with Crippen molar-refractivity contribution < 1.29 is 19.4 Å². The number of nitrogens with one attached hydrogen (secondary N) is 1. The normalized spacial score (nSPS) is 13.5. The van der Waals surface area contributed by atoms with Crippen LogP contribution in [0, 0.1) is 0 Å². The summed E-state index contributed by atoms with van der Waals surface area (Å²) in [6.45, 7) is 0.708. The van der Waals surface area contributed by atoms with E-state index >= 15 is 0 Å². The minimum Gasteiger partial charge on any atom is -0.508 e. The molecule has 1 heterocycles. The summed E-state index contributed by atoms with van der Waals surface area (Å²) in [6.07, 6.45) is 2.18. The standard InChI is InChI=1S/C21H27N3O4/c1-24(2)17(10-15-4-3-5-19-20(15)28-13-27-19)11-16-12-18(25)7-6-14(16)8-9-23-21(22)26/h3-7,12,17,25H,8-11,13H2,1-2H3,(H3,22,23,26). The van der Waals surface area contributed by atoms with Gasteiger partial charge in [0.1, 0.15) is 5.75 Å². The third-order valence-corrected chi connectivity index (χ3v) is 5.00. The number of rotatable bonds is 8. The van der Waals surface area contributed by atoms with Crippen LogP contribution < -0.4 is 20.5 Å². The molecule has 28 heavy (non-hydrogen) atoms. The first-order chi connectivity index (χ1) is 13.4. The number of carbonyl (C=O) groups excluding carboxylic acids is 1. The predicted molar refractivity (Wildman–Crippen MR) is 107 cm³/mol. The number of likely N-dealkylation sites (N-methyl/N-ethyl adjacent to an activating group) is 1. The number of phenolic OH excluding ortho intramolecular Hbond substituents is 1. The Morgan fingerprint density at radius 2 is 1.96 bits per heavy atom. The number of aromatic hydroxyl groups is 1. The molecular weight excluding hydrogens is 358 g/mol. The van der Waals surface area contributed by atoms with E-state index in [2.05, 4.69) is 16.3 Å². The van der Waals surface area contributed by atoms with Gasteiger partial charge in [-0.25, -0.2) is 4.79 Å². The summed E-state index contributed by atoms with van der Waals surface area (Å²) in [5, 5.41) is 12.6. The van der Waals surface area contributed by atoms with Gasteiger partial charge in [0.2, 0.25) is 6.79 Å². The van der Waals surface area contributed by atoms with Crippen molar-refractivity contribution >= 4 is 6.03 Å². The Labute approximate surface area is 165 Å². The first-order valence-electron chi connectivity index (χ1n) is 9.32. The van der Waals surface area contributed by atoms with Crippen LogP contribution in [0.2, 0.25) is 0 Å². The lowest BCUT2D eigenvalue weighted by Crippen LogP contribution is -2.33. The van der Waals surface area contributed by atoms with E-state index in [1.54, 1.807) is 12.1 Å². The van der Waals surface area contributed by atoms with Crippen molar-refractivity contribution in [3.63, 3.8) is 0 Å². The second-order valence-electron chi connectivity index (χ2n) is 7.17. The largest absolute Gasteiger partial charge is 0.508 e. The maximum Gasteiger partial charge on any atom is 0.312 e. The molecule has 4 N–H and O–H groups in total. The molecule has 0 fully saturated rings. The van der Waals surface area contributed by atoms with Crippen molar-refractivity contribution in [2.75, 3.05) is 27.4 Å². The van der Waals surface area contributed by atoms with E-state index in [1.807, 2.05) is 32.3 Å². The van der Waals surface area contributed by atoms with Crippen LogP contribution in [0.5, 0.6) is 17.2 Å². The molecule has 0 saturated carbocycles. The van der Waals surface area contributed by atoms with Gasteiger partial charge in [-0.3, -0.25) is 0 Å². The second-order valence-corrected chi connectivity index (χ2v) is 7.17. The average molecular weight is 385 g/mol. The molecule has 0 aromatic heterocycles. The number of para-hydroxylation sites is 1. The first-order valence-corrected chi connectivity index (χ1v) is 9.32. The van der Waals surface area contributed by atoms with Crippen LogP contribution >= 0.6 is 0 Å². The van der Waals surface area contributed by atoms with Crippen molar-refractivity contribution in [3.05, 3.63) is 53.1 Å². The van der Waals surface area contributed by atoms with Gasteiger partial charge in [0.25, 0.3) is 0 Å². The zero-order valence-corrected chi connectivity index (χ0v) is 16.3. The molecule has 1 aliphatic rings. The Morgan fingerprint density at radius 1 is 1.18 bits per heavy atom. The van der Waals surface area contributed by atoms with Crippen molar-refractivity contribution in [1.29, 1.82) is 0 Å². The number of amides is 2. The first kappa shape index (κ1) is 19.8. The van der Waals surface area contributed by atoms with Gasteiger partial charge in [0, 0.05) is 12.6 Å². The minimum atomic E-state index is -0.536. The quantitative estimate of drug-likeness (QED) is 0.646. The topological polar surface area (TPSA) is 97.1 Å². The molecule has 2 aromatic rings. The highest BCUT2D eigenvalue weighted by atomic mass is 16.7. The summed E-state index contributed by atoms with van der Waals surface area (Å²) in [5.74, 6) is 1.83. The lowest BCUT2D eigenvalue weighted by Gasteiger charge is -2.26. The third-order valence-electron chi connectivity index (χ3n) is 5.00. The van der Waals surface area contributed by atoms with Crippen LogP contribution in [-0.4, -0.2) is 49.5 Å². The highest BCUT2D eigenvalue weighted by Crippen LogP contribution is 2.36. The lowest BCUT2D eigenvalue weighted by molar-refractivity contribution is 0.172. The molecule has 1 aliphatic heterocycles. The minimum absolute atomic E-state index is 0.195. The molecule has 1 atom stereocenters. The molecule has 150 valence electrons. The number of nitrogens with zero attached hydrogens (tertiary/aromatic N) is 1. The van der Waals surface area contributed by atoms with Crippen molar-refractivity contribution in [2.45, 2.75) is 25.3 Å². The van der Waals surface area contributed by atoms with Gasteiger partial charge in [-0.05, 0) is 68.2 Å². The SMILES string of the molecule is CN(C)C(Cc1cc(O)ccc1CCNC(N)=O)Cc1cccc2c1OCO2. The number of hydrogen-bond donors (Lipinski definition) is 3. The van der Waals surface area contributed by atoms with Crippen LogP contribution in [0.25, 0.3) is 0 Å². The number of hydrogen-bond acceptors (Lipinski definition) is 5. The number of carbonyl (C=O) groups is 1. The Kier molecular flexibility index (Phi) is 6.26. The van der Waals surface area contributed by atoms with E-state index in [-0.39, 0.29) is 18.6 Å². The van der Waals surface area contributed by atoms with Gasteiger partial charge in [-0.2, -0.15) is 0 Å². The average Bonchev–Trinajstić information content (AvgIpc) is 3.12. The Morgan fingerprint density at radius 3 is 2.71 bits per heavy atom. The molecule has 3 rings (SSSR count).